The van der Waals surface area contributed by atoms with E-state index in [1.54, 1.807) is 18.2 Å². The fourth-order valence-corrected chi connectivity index (χ4v) is 1.15. The number of ether oxygens (including phenoxy) is 1. The summed E-state index contributed by atoms with van der Waals surface area (Å²) >= 11 is 5.79. The standard InChI is InChI=1S/C11H10ClNO2/c1-2-3-4-8-7-9(12)5-6-10(8)15-11(13)14/h5-7H,2H2,1H3,(H2,13,14). The molecule has 0 unspecified atom stereocenters. The fourth-order valence-electron chi connectivity index (χ4n) is 0.981. The molecule has 1 aromatic carbocycles. The zero-order valence-corrected chi connectivity index (χ0v) is 8.97. The summed E-state index contributed by atoms with van der Waals surface area (Å²) in [5.74, 6) is 6.03. The van der Waals surface area contributed by atoms with E-state index in [0.29, 0.717) is 22.8 Å². The van der Waals surface area contributed by atoms with E-state index in [1.165, 1.54) is 0 Å². The Morgan fingerprint density at radius 3 is 2.93 bits per heavy atom. The lowest BCUT2D eigenvalue weighted by Crippen LogP contribution is -2.16. The van der Waals surface area contributed by atoms with Crippen molar-refractivity contribution >= 4 is 17.7 Å². The van der Waals surface area contributed by atoms with Crippen LogP contribution in [-0.2, 0) is 0 Å². The number of carbonyl (C=O) groups is 1. The van der Waals surface area contributed by atoms with E-state index in [1.807, 2.05) is 6.92 Å². The van der Waals surface area contributed by atoms with Gasteiger partial charge in [0.15, 0.2) is 0 Å². The molecule has 0 aliphatic rings. The summed E-state index contributed by atoms with van der Waals surface area (Å²) in [7, 11) is 0. The van der Waals surface area contributed by atoms with Crippen LogP contribution in [0.1, 0.15) is 18.9 Å². The monoisotopic (exact) mass is 223 g/mol. The molecular formula is C11H10ClNO2. The molecule has 0 saturated heterocycles. The Morgan fingerprint density at radius 1 is 1.60 bits per heavy atom. The van der Waals surface area contributed by atoms with Gasteiger partial charge in [0.2, 0.25) is 0 Å². The lowest BCUT2D eigenvalue weighted by molar-refractivity contribution is 0.210. The van der Waals surface area contributed by atoms with Gasteiger partial charge in [0, 0.05) is 11.4 Å². The van der Waals surface area contributed by atoms with Gasteiger partial charge < -0.3 is 10.5 Å². The van der Waals surface area contributed by atoms with Crippen LogP contribution in [0.3, 0.4) is 0 Å². The predicted molar refractivity (Wildman–Crippen MR) is 58.8 cm³/mol. The minimum absolute atomic E-state index is 0.327. The van der Waals surface area contributed by atoms with E-state index in [4.69, 9.17) is 22.1 Å². The maximum Gasteiger partial charge on any atom is 0.410 e. The lowest BCUT2D eigenvalue weighted by atomic mass is 10.2. The fraction of sp³-hybridized carbons (Fsp3) is 0.182. The third kappa shape index (κ3) is 3.53. The molecule has 0 radical (unpaired) electrons. The summed E-state index contributed by atoms with van der Waals surface area (Å²) in [6.45, 7) is 1.92. The van der Waals surface area contributed by atoms with Crippen LogP contribution in [0, 0.1) is 11.8 Å². The molecule has 0 aromatic heterocycles. The van der Waals surface area contributed by atoms with Crippen LogP contribution in [0.15, 0.2) is 18.2 Å². The van der Waals surface area contributed by atoms with Gasteiger partial charge in [-0.25, -0.2) is 4.79 Å². The summed E-state index contributed by atoms with van der Waals surface area (Å²) in [5, 5.41) is 0.534. The van der Waals surface area contributed by atoms with Crippen molar-refractivity contribution in [1.82, 2.24) is 0 Å². The summed E-state index contributed by atoms with van der Waals surface area (Å²) in [6, 6.07) is 4.80. The van der Waals surface area contributed by atoms with E-state index < -0.39 is 6.09 Å². The smallest absolute Gasteiger partial charge is 0.409 e. The average molecular weight is 224 g/mol. The second kappa shape index (κ2) is 5.28. The molecule has 1 rings (SSSR count). The molecule has 0 spiro atoms. The molecule has 3 nitrogen and oxygen atoms in total. The van der Waals surface area contributed by atoms with E-state index in [2.05, 4.69) is 11.8 Å². The molecule has 4 heteroatoms. The van der Waals surface area contributed by atoms with Gasteiger partial charge >= 0.3 is 6.09 Å². The van der Waals surface area contributed by atoms with Crippen LogP contribution in [0.5, 0.6) is 5.75 Å². The van der Waals surface area contributed by atoms with Crippen LogP contribution < -0.4 is 10.5 Å². The van der Waals surface area contributed by atoms with Gasteiger partial charge in [0.25, 0.3) is 0 Å². The molecule has 15 heavy (non-hydrogen) atoms. The first-order valence-corrected chi connectivity index (χ1v) is 4.77. The molecule has 0 saturated carbocycles. The number of primary amides is 1. The number of benzene rings is 1. The molecule has 0 heterocycles. The van der Waals surface area contributed by atoms with Crippen molar-refractivity contribution in [2.24, 2.45) is 5.73 Å². The third-order valence-corrected chi connectivity index (χ3v) is 1.79. The SMILES string of the molecule is CCC#Cc1cc(Cl)ccc1OC(N)=O. The van der Waals surface area contributed by atoms with Gasteiger partial charge in [-0.15, -0.1) is 0 Å². The summed E-state index contributed by atoms with van der Waals surface area (Å²) in [5.41, 5.74) is 5.48. The van der Waals surface area contributed by atoms with Crippen molar-refractivity contribution in [3.63, 3.8) is 0 Å². The first-order chi connectivity index (χ1) is 7.13. The molecule has 0 aliphatic heterocycles. The maximum absolute atomic E-state index is 10.6. The average Bonchev–Trinajstić information content (AvgIpc) is 2.18. The number of hydrogen-bond acceptors (Lipinski definition) is 2. The Balaban J connectivity index is 3.08. The van der Waals surface area contributed by atoms with Crippen LogP contribution >= 0.6 is 11.6 Å². The maximum atomic E-state index is 10.6. The summed E-state index contributed by atoms with van der Waals surface area (Å²) < 4.78 is 4.78. The predicted octanol–water partition coefficient (Wildman–Crippen LogP) is 2.56. The number of carbonyl (C=O) groups excluding carboxylic acids is 1. The Kier molecular flexibility index (Phi) is 4.02. The zero-order chi connectivity index (χ0) is 11.3. The number of hydrogen-bond donors (Lipinski definition) is 1. The molecule has 0 atom stereocenters. The van der Waals surface area contributed by atoms with Gasteiger partial charge in [0.1, 0.15) is 5.75 Å². The normalized spacial score (nSPS) is 8.93. The van der Waals surface area contributed by atoms with E-state index in [-0.39, 0.29) is 0 Å². The quantitative estimate of drug-likeness (QED) is 0.744. The highest BCUT2D eigenvalue weighted by Crippen LogP contribution is 2.22. The number of rotatable bonds is 1. The van der Waals surface area contributed by atoms with Gasteiger partial charge in [-0.05, 0) is 18.2 Å². The van der Waals surface area contributed by atoms with E-state index >= 15 is 0 Å². The highest BCUT2D eigenvalue weighted by molar-refractivity contribution is 6.30. The summed E-state index contributed by atoms with van der Waals surface area (Å²) in [6.07, 6.45) is -0.153. The largest absolute Gasteiger partial charge is 0.410 e. The van der Waals surface area contributed by atoms with Crippen molar-refractivity contribution in [3.8, 4) is 17.6 Å². The molecular weight excluding hydrogens is 214 g/mol. The van der Waals surface area contributed by atoms with Gasteiger partial charge in [-0.1, -0.05) is 30.4 Å². The second-order valence-electron chi connectivity index (χ2n) is 2.72. The van der Waals surface area contributed by atoms with Crippen LogP contribution in [0.2, 0.25) is 5.02 Å². The molecule has 78 valence electrons. The first kappa shape index (κ1) is 11.4. The van der Waals surface area contributed by atoms with Gasteiger partial charge in [-0.3, -0.25) is 0 Å². The number of halogens is 1. The molecule has 1 amide bonds. The van der Waals surface area contributed by atoms with Crippen molar-refractivity contribution < 1.29 is 9.53 Å². The van der Waals surface area contributed by atoms with Crippen LogP contribution in [0.4, 0.5) is 4.79 Å². The molecule has 0 aliphatic carbocycles. The topological polar surface area (TPSA) is 52.3 Å². The van der Waals surface area contributed by atoms with Gasteiger partial charge in [-0.2, -0.15) is 0 Å². The molecule has 1 aromatic rings. The van der Waals surface area contributed by atoms with Crippen molar-refractivity contribution in [3.05, 3.63) is 28.8 Å². The third-order valence-electron chi connectivity index (χ3n) is 1.55. The van der Waals surface area contributed by atoms with Crippen molar-refractivity contribution in [2.45, 2.75) is 13.3 Å². The molecule has 0 fully saturated rings. The molecule has 2 N–H and O–H groups in total. The van der Waals surface area contributed by atoms with Crippen molar-refractivity contribution in [1.29, 1.82) is 0 Å². The van der Waals surface area contributed by atoms with E-state index in [9.17, 15) is 4.79 Å². The Labute approximate surface area is 93.2 Å². The number of nitrogens with two attached hydrogens (primary N) is 1. The molecule has 0 bridgehead atoms. The highest BCUT2D eigenvalue weighted by atomic mass is 35.5. The number of amides is 1. The van der Waals surface area contributed by atoms with Crippen LogP contribution in [0.25, 0.3) is 0 Å². The second-order valence-corrected chi connectivity index (χ2v) is 3.15. The summed E-state index contributed by atoms with van der Waals surface area (Å²) in [4.78, 5) is 10.6. The Hall–Kier alpha value is -1.66. The van der Waals surface area contributed by atoms with E-state index in [0.717, 1.165) is 0 Å². The lowest BCUT2D eigenvalue weighted by Gasteiger charge is -2.03. The highest BCUT2D eigenvalue weighted by Gasteiger charge is 2.05. The van der Waals surface area contributed by atoms with Crippen LogP contribution in [-0.4, -0.2) is 6.09 Å². The zero-order valence-electron chi connectivity index (χ0n) is 8.21. The Morgan fingerprint density at radius 2 is 2.33 bits per heavy atom. The first-order valence-electron chi connectivity index (χ1n) is 4.39. The minimum Gasteiger partial charge on any atom is -0.409 e. The van der Waals surface area contributed by atoms with Gasteiger partial charge in [0.05, 0.1) is 5.56 Å². The minimum atomic E-state index is -0.864. The van der Waals surface area contributed by atoms with Crippen molar-refractivity contribution in [2.75, 3.05) is 0 Å². The Bertz CT molecular complexity index is 432.